The fraction of sp³-hybridized carbons (Fsp3) is 0.133. The van der Waals surface area contributed by atoms with E-state index in [4.69, 9.17) is 15.2 Å². The predicted octanol–water partition coefficient (Wildman–Crippen LogP) is 5.43. The lowest BCUT2D eigenvalue weighted by Crippen LogP contribution is -2.45. The molecular weight excluding hydrogens is 532 g/mol. The number of ether oxygens (including phenoxy) is 2. The predicted molar refractivity (Wildman–Crippen MR) is 146 cm³/mol. The summed E-state index contributed by atoms with van der Waals surface area (Å²) in [6.45, 7) is 0.735. The van der Waals surface area contributed by atoms with Gasteiger partial charge in [-0.25, -0.2) is 0 Å². The minimum atomic E-state index is -0.899. The van der Waals surface area contributed by atoms with Crippen LogP contribution in [0.3, 0.4) is 0 Å². The molecule has 4 aromatic rings. The van der Waals surface area contributed by atoms with Crippen molar-refractivity contribution in [3.8, 4) is 11.5 Å². The third kappa shape index (κ3) is 7.69. The quantitative estimate of drug-likeness (QED) is 0.256. The summed E-state index contributed by atoms with van der Waals surface area (Å²) in [4.78, 5) is 24.9. The summed E-state index contributed by atoms with van der Waals surface area (Å²) in [7, 11) is 0. The second-order valence-corrected chi connectivity index (χ2v) is 9.39. The standard InChI is InChI=1S/C30H27BrN2O4/c31-25-13-7-12-24(18-25)30(35)33-26(29(32)34)16-23-14-15-27(36-19-21-8-3-1-4-9-21)28(17-23)37-20-22-10-5-2-6-11-22/h1-15,17-18,26H,16,19-20H2,(H2,32,34)(H,33,35)/t26-/m1/s1. The number of benzene rings is 4. The van der Waals surface area contributed by atoms with Crippen LogP contribution in [0.2, 0.25) is 0 Å². The van der Waals surface area contributed by atoms with Crippen LogP contribution in [0.1, 0.15) is 27.0 Å². The molecular formula is C30H27BrN2O4. The van der Waals surface area contributed by atoms with E-state index in [0.717, 1.165) is 21.2 Å². The summed E-state index contributed by atoms with van der Waals surface area (Å²) in [5.41, 5.74) is 8.88. The molecule has 0 aliphatic rings. The zero-order valence-corrected chi connectivity index (χ0v) is 21.7. The second-order valence-electron chi connectivity index (χ2n) is 8.47. The van der Waals surface area contributed by atoms with E-state index in [-0.39, 0.29) is 12.3 Å². The summed E-state index contributed by atoms with van der Waals surface area (Å²) in [5.74, 6) is 0.115. The fourth-order valence-electron chi connectivity index (χ4n) is 3.71. The molecule has 0 aliphatic carbocycles. The lowest BCUT2D eigenvalue weighted by molar-refractivity contribution is -0.119. The van der Waals surface area contributed by atoms with Crippen LogP contribution in [0.5, 0.6) is 11.5 Å². The van der Waals surface area contributed by atoms with Crippen molar-refractivity contribution in [1.29, 1.82) is 0 Å². The molecule has 0 bridgehead atoms. The number of nitrogens with one attached hydrogen (secondary N) is 1. The van der Waals surface area contributed by atoms with Crippen molar-refractivity contribution < 1.29 is 19.1 Å². The van der Waals surface area contributed by atoms with Crippen molar-refractivity contribution in [2.45, 2.75) is 25.7 Å². The first-order valence-electron chi connectivity index (χ1n) is 11.8. The number of primary amides is 1. The maximum Gasteiger partial charge on any atom is 0.251 e. The molecule has 0 aliphatic heterocycles. The summed E-state index contributed by atoms with van der Waals surface area (Å²) in [6, 6.07) is 31.2. The maximum atomic E-state index is 12.7. The number of nitrogens with two attached hydrogens (primary N) is 1. The fourth-order valence-corrected chi connectivity index (χ4v) is 4.11. The van der Waals surface area contributed by atoms with E-state index in [1.807, 2.05) is 84.9 Å². The third-order valence-electron chi connectivity index (χ3n) is 5.66. The molecule has 4 aromatic carbocycles. The summed E-state index contributed by atoms with van der Waals surface area (Å²) >= 11 is 3.36. The second kappa shape index (κ2) is 12.7. The van der Waals surface area contributed by atoms with Crippen LogP contribution in [0.25, 0.3) is 0 Å². The van der Waals surface area contributed by atoms with Crippen molar-refractivity contribution in [2.24, 2.45) is 5.73 Å². The molecule has 37 heavy (non-hydrogen) atoms. The highest BCUT2D eigenvalue weighted by Gasteiger charge is 2.21. The minimum absolute atomic E-state index is 0.204. The average Bonchev–Trinajstić information content (AvgIpc) is 2.92. The van der Waals surface area contributed by atoms with Gasteiger partial charge in [0.25, 0.3) is 5.91 Å². The molecule has 188 valence electrons. The number of halogens is 1. The smallest absolute Gasteiger partial charge is 0.251 e. The Balaban J connectivity index is 1.52. The molecule has 0 fully saturated rings. The van der Waals surface area contributed by atoms with Crippen molar-refractivity contribution in [2.75, 3.05) is 0 Å². The van der Waals surface area contributed by atoms with E-state index < -0.39 is 11.9 Å². The van der Waals surface area contributed by atoms with Crippen LogP contribution in [-0.2, 0) is 24.4 Å². The van der Waals surface area contributed by atoms with Gasteiger partial charge in [-0.3, -0.25) is 9.59 Å². The first-order chi connectivity index (χ1) is 18.0. The first kappa shape index (κ1) is 26.0. The van der Waals surface area contributed by atoms with E-state index in [9.17, 15) is 9.59 Å². The van der Waals surface area contributed by atoms with E-state index in [1.54, 1.807) is 18.2 Å². The Bertz CT molecular complexity index is 1350. The third-order valence-corrected chi connectivity index (χ3v) is 6.15. The normalized spacial score (nSPS) is 11.4. The van der Waals surface area contributed by atoms with Gasteiger partial charge in [0, 0.05) is 16.5 Å². The molecule has 3 N–H and O–H groups in total. The van der Waals surface area contributed by atoms with Crippen LogP contribution < -0.4 is 20.5 Å². The summed E-state index contributed by atoms with van der Waals surface area (Å²) in [5, 5.41) is 2.74. The van der Waals surface area contributed by atoms with Crippen LogP contribution in [-0.4, -0.2) is 17.9 Å². The van der Waals surface area contributed by atoms with Crippen LogP contribution in [0, 0.1) is 0 Å². The number of amides is 2. The van der Waals surface area contributed by atoms with Gasteiger partial charge in [0.1, 0.15) is 19.3 Å². The lowest BCUT2D eigenvalue weighted by atomic mass is 10.0. The number of hydrogen-bond acceptors (Lipinski definition) is 4. The Hall–Kier alpha value is -4.10. The van der Waals surface area contributed by atoms with Gasteiger partial charge in [0.05, 0.1) is 0 Å². The van der Waals surface area contributed by atoms with Gasteiger partial charge < -0.3 is 20.5 Å². The van der Waals surface area contributed by atoms with E-state index >= 15 is 0 Å². The van der Waals surface area contributed by atoms with E-state index in [1.165, 1.54) is 0 Å². The molecule has 4 rings (SSSR count). The molecule has 0 spiro atoms. The van der Waals surface area contributed by atoms with Crippen LogP contribution in [0.4, 0.5) is 0 Å². The van der Waals surface area contributed by atoms with Crippen molar-refractivity contribution in [3.63, 3.8) is 0 Å². The van der Waals surface area contributed by atoms with Crippen molar-refractivity contribution in [1.82, 2.24) is 5.32 Å². The van der Waals surface area contributed by atoms with Crippen LogP contribution >= 0.6 is 15.9 Å². The Kier molecular flexibility index (Phi) is 8.94. The molecule has 0 radical (unpaired) electrons. The van der Waals surface area contributed by atoms with E-state index in [2.05, 4.69) is 21.2 Å². The average molecular weight is 559 g/mol. The number of carbonyl (C=O) groups excluding carboxylic acids is 2. The van der Waals surface area contributed by atoms with Gasteiger partial charge in [0.15, 0.2) is 11.5 Å². The Morgan fingerprint density at radius 3 is 1.95 bits per heavy atom. The summed E-state index contributed by atoms with van der Waals surface area (Å²) < 4.78 is 13.0. The number of rotatable bonds is 11. The SMILES string of the molecule is NC(=O)[C@@H](Cc1ccc(OCc2ccccc2)c(OCc2ccccc2)c1)NC(=O)c1cccc(Br)c1. The molecule has 6 nitrogen and oxygen atoms in total. The van der Waals surface area contributed by atoms with Gasteiger partial charge in [0.2, 0.25) is 5.91 Å². The highest BCUT2D eigenvalue weighted by molar-refractivity contribution is 9.10. The lowest BCUT2D eigenvalue weighted by Gasteiger charge is -2.18. The van der Waals surface area contributed by atoms with Gasteiger partial charge in [-0.05, 0) is 47.0 Å². The topological polar surface area (TPSA) is 90.7 Å². The zero-order valence-electron chi connectivity index (χ0n) is 20.1. The van der Waals surface area contributed by atoms with E-state index in [0.29, 0.717) is 30.3 Å². The molecule has 0 unspecified atom stereocenters. The molecule has 2 amide bonds. The van der Waals surface area contributed by atoms with Gasteiger partial charge in [-0.2, -0.15) is 0 Å². The first-order valence-corrected chi connectivity index (χ1v) is 12.6. The van der Waals surface area contributed by atoms with Gasteiger partial charge in [-0.15, -0.1) is 0 Å². The van der Waals surface area contributed by atoms with Gasteiger partial charge >= 0.3 is 0 Å². The summed E-state index contributed by atoms with van der Waals surface area (Å²) in [6.07, 6.45) is 0.204. The Labute approximate surface area is 224 Å². The zero-order chi connectivity index (χ0) is 26.0. The van der Waals surface area contributed by atoms with Gasteiger partial charge in [-0.1, -0.05) is 88.7 Å². The van der Waals surface area contributed by atoms with Crippen LogP contribution in [0.15, 0.2) is 108 Å². The highest BCUT2D eigenvalue weighted by Crippen LogP contribution is 2.30. The molecule has 0 aromatic heterocycles. The Morgan fingerprint density at radius 2 is 1.35 bits per heavy atom. The maximum absolute atomic E-state index is 12.7. The Morgan fingerprint density at radius 1 is 0.730 bits per heavy atom. The van der Waals surface area contributed by atoms with Crippen molar-refractivity contribution in [3.05, 3.63) is 130 Å². The van der Waals surface area contributed by atoms with Crippen molar-refractivity contribution >= 4 is 27.7 Å². The largest absolute Gasteiger partial charge is 0.485 e. The minimum Gasteiger partial charge on any atom is -0.485 e. The molecule has 0 saturated heterocycles. The molecule has 0 saturated carbocycles. The molecule has 0 heterocycles. The monoisotopic (exact) mass is 558 g/mol. The number of carbonyl (C=O) groups is 2. The number of hydrogen-bond donors (Lipinski definition) is 2. The molecule has 1 atom stereocenters. The molecule has 7 heteroatoms. The highest BCUT2D eigenvalue weighted by atomic mass is 79.9.